The molecule has 1 heterocycles. The van der Waals surface area contributed by atoms with Crippen molar-refractivity contribution >= 4 is 12.1 Å². The summed E-state index contributed by atoms with van der Waals surface area (Å²) in [7, 11) is 1.59. The van der Waals surface area contributed by atoms with Crippen molar-refractivity contribution in [3.63, 3.8) is 0 Å². The van der Waals surface area contributed by atoms with Gasteiger partial charge in [0.1, 0.15) is 5.75 Å². The second-order valence-corrected chi connectivity index (χ2v) is 6.00. The number of nitrogens with zero attached hydrogens (tertiary/aromatic N) is 1. The third kappa shape index (κ3) is 12.2. The summed E-state index contributed by atoms with van der Waals surface area (Å²) in [5.74, 6) is 6.62. The number of methoxy groups -OCH3 is 1. The first-order valence-corrected chi connectivity index (χ1v) is 10.7. The van der Waals surface area contributed by atoms with Gasteiger partial charge in [0, 0.05) is 48.3 Å². The zero-order valence-electron chi connectivity index (χ0n) is 17.9. The molecule has 0 aliphatic carbocycles. The number of rotatable bonds is 8. The van der Waals surface area contributed by atoms with Gasteiger partial charge >= 0.3 is 0 Å². The van der Waals surface area contributed by atoms with Crippen LogP contribution in [0.25, 0.3) is 0 Å². The number of hydrogen-bond donors (Lipinski definition) is 1. The lowest BCUT2D eigenvalue weighted by atomic mass is 10.2. The van der Waals surface area contributed by atoms with Crippen molar-refractivity contribution in [2.75, 3.05) is 26.1 Å². The predicted octanol–water partition coefficient (Wildman–Crippen LogP) is 5.64. The van der Waals surface area contributed by atoms with Crippen LogP contribution in [0.1, 0.15) is 44.5 Å². The van der Waals surface area contributed by atoms with Gasteiger partial charge in [0.2, 0.25) is 0 Å². The first kappa shape index (κ1) is 26.9. The highest BCUT2D eigenvalue weighted by Crippen LogP contribution is 2.12. The van der Waals surface area contributed by atoms with E-state index in [4.69, 9.17) is 9.47 Å². The molecule has 1 atom stereocenters. The molecule has 2 rings (SSSR count). The second kappa shape index (κ2) is 18.0. The fourth-order valence-electron chi connectivity index (χ4n) is 2.07. The van der Waals surface area contributed by atoms with Crippen LogP contribution in [0.2, 0.25) is 0 Å². The zero-order valence-corrected chi connectivity index (χ0v) is 18.8. The van der Waals surface area contributed by atoms with E-state index >= 15 is 0 Å². The van der Waals surface area contributed by atoms with E-state index in [9.17, 15) is 8.99 Å². The molecule has 6 heteroatoms. The number of benzene rings is 1. The highest BCUT2D eigenvalue weighted by atomic mass is 32.2. The Hall–Kier alpha value is -2.07. The lowest BCUT2D eigenvalue weighted by Gasteiger charge is -2.13. The maximum absolute atomic E-state index is 12.3. The first-order valence-electron chi connectivity index (χ1n) is 9.77. The van der Waals surface area contributed by atoms with E-state index in [1.165, 1.54) is 0 Å². The summed E-state index contributed by atoms with van der Waals surface area (Å²) in [6.07, 6.45) is 1.69. The van der Waals surface area contributed by atoms with Crippen LogP contribution in [0.5, 0.6) is 5.75 Å². The quantitative estimate of drug-likeness (QED) is 0.559. The molecule has 0 spiro atoms. The van der Waals surface area contributed by atoms with Crippen LogP contribution in [0.4, 0.5) is 3.89 Å². The van der Waals surface area contributed by atoms with Gasteiger partial charge in [-0.15, -0.1) is 0 Å². The van der Waals surface area contributed by atoms with Crippen molar-refractivity contribution < 1.29 is 18.5 Å². The first-order chi connectivity index (χ1) is 14.2. The normalized spacial score (nSPS) is 10.4. The molecule has 0 fully saturated rings. The Bertz CT molecular complexity index is 691. The van der Waals surface area contributed by atoms with Crippen molar-refractivity contribution in [1.29, 1.82) is 0 Å². The van der Waals surface area contributed by atoms with Crippen LogP contribution in [-0.2, 0) is 16.1 Å². The van der Waals surface area contributed by atoms with Gasteiger partial charge in [-0.2, -0.15) is 3.89 Å². The molecule has 0 saturated carbocycles. The summed E-state index contributed by atoms with van der Waals surface area (Å²) in [5.41, 5.74) is 2.40. The molecule has 4 nitrogen and oxygen atoms in total. The Morgan fingerprint density at radius 2 is 1.62 bits per heavy atom. The van der Waals surface area contributed by atoms with E-state index in [1.807, 2.05) is 39.8 Å². The summed E-state index contributed by atoms with van der Waals surface area (Å²) in [6.45, 7) is 9.26. The molecule has 160 valence electrons. The smallest absolute Gasteiger partial charge is 0.115 e. The van der Waals surface area contributed by atoms with Gasteiger partial charge in [-0.25, -0.2) is 0 Å². The number of phenols is 1. The van der Waals surface area contributed by atoms with Gasteiger partial charge in [0.05, 0.1) is 25.5 Å². The van der Waals surface area contributed by atoms with Crippen LogP contribution < -0.4 is 0 Å². The molecule has 0 saturated heterocycles. The lowest BCUT2D eigenvalue weighted by molar-refractivity contribution is 0.0563. The molecule has 0 aliphatic heterocycles. The third-order valence-electron chi connectivity index (χ3n) is 3.35. The van der Waals surface area contributed by atoms with Crippen molar-refractivity contribution in [2.24, 2.45) is 5.92 Å². The largest absolute Gasteiger partial charge is 0.508 e. The Kier molecular flexibility index (Phi) is 16.7. The van der Waals surface area contributed by atoms with Gasteiger partial charge in [-0.05, 0) is 36.4 Å². The highest BCUT2D eigenvalue weighted by molar-refractivity contribution is 7.94. The minimum atomic E-state index is 0.0236. The van der Waals surface area contributed by atoms with Crippen molar-refractivity contribution in [3.8, 4) is 17.6 Å². The maximum Gasteiger partial charge on any atom is 0.115 e. The van der Waals surface area contributed by atoms with Crippen LogP contribution in [0.3, 0.4) is 0 Å². The fraction of sp³-hybridized carbons (Fsp3) is 0.435. The van der Waals surface area contributed by atoms with Gasteiger partial charge in [0.15, 0.2) is 0 Å². The van der Waals surface area contributed by atoms with Gasteiger partial charge in [-0.3, -0.25) is 4.98 Å². The molecule has 1 unspecified atom stereocenters. The number of halogens is 1. The van der Waals surface area contributed by atoms with Gasteiger partial charge in [0.25, 0.3) is 0 Å². The van der Waals surface area contributed by atoms with Crippen molar-refractivity contribution in [2.45, 2.75) is 34.3 Å². The topological polar surface area (TPSA) is 51.6 Å². The second-order valence-electron chi connectivity index (χ2n) is 5.45. The predicted molar refractivity (Wildman–Crippen MR) is 120 cm³/mol. The molecule has 1 N–H and O–H groups in total. The molecular weight excluding hydrogens is 389 g/mol. The SMILES string of the molecule is CC.CC.COCC(COCc1ccc(C#Cc2ccc(O)cc2)cn1)CSF. The number of aromatic nitrogens is 1. The average Bonchev–Trinajstić information content (AvgIpc) is 2.77. The molecule has 1 aromatic carbocycles. The molecular formula is C23H32FNO3S. The van der Waals surface area contributed by atoms with E-state index < -0.39 is 0 Å². The molecule has 29 heavy (non-hydrogen) atoms. The van der Waals surface area contributed by atoms with Crippen molar-refractivity contribution in [3.05, 3.63) is 59.4 Å². The van der Waals surface area contributed by atoms with E-state index in [-0.39, 0.29) is 11.7 Å². The summed E-state index contributed by atoms with van der Waals surface area (Å²) >= 11 is 0.298. The number of hydrogen-bond acceptors (Lipinski definition) is 5. The van der Waals surface area contributed by atoms with Crippen LogP contribution in [0, 0.1) is 17.8 Å². The Balaban J connectivity index is 0.00000184. The van der Waals surface area contributed by atoms with Gasteiger partial charge < -0.3 is 14.6 Å². The highest BCUT2D eigenvalue weighted by Gasteiger charge is 2.09. The Labute approximate surface area is 179 Å². The minimum Gasteiger partial charge on any atom is -0.508 e. The molecule has 0 amide bonds. The zero-order chi connectivity index (χ0) is 21.9. The van der Waals surface area contributed by atoms with Gasteiger partial charge in [-0.1, -0.05) is 39.5 Å². The standard InChI is InChI=1S/C19H20FNO3S.2C2H6/c1-23-11-17(14-25-20)12-24-13-18-7-4-16(10-21-18)3-2-15-5-8-19(22)9-6-15;2*1-2/h4-10,17,22H,11-14H2,1H3;2*1-2H3. The Morgan fingerprint density at radius 1 is 1.00 bits per heavy atom. The average molecular weight is 422 g/mol. The summed E-state index contributed by atoms with van der Waals surface area (Å²) in [6, 6.07) is 10.4. The van der Waals surface area contributed by atoms with E-state index in [0.717, 1.165) is 16.8 Å². The molecule has 0 radical (unpaired) electrons. The van der Waals surface area contributed by atoms with E-state index in [2.05, 4.69) is 16.8 Å². The molecule has 0 aliphatic rings. The number of pyridine rings is 1. The number of aromatic hydroxyl groups is 1. The molecule has 0 bridgehead atoms. The third-order valence-corrected chi connectivity index (χ3v) is 3.95. The summed E-state index contributed by atoms with van der Waals surface area (Å²) in [5, 5.41) is 9.24. The lowest BCUT2D eigenvalue weighted by Crippen LogP contribution is -2.17. The number of phenolic OH excluding ortho intramolecular Hbond substituents is 1. The maximum atomic E-state index is 12.3. The Morgan fingerprint density at radius 3 is 2.17 bits per heavy atom. The molecule has 2 aromatic rings. The van der Waals surface area contributed by atoms with Crippen LogP contribution >= 0.6 is 12.1 Å². The minimum absolute atomic E-state index is 0.0236. The summed E-state index contributed by atoms with van der Waals surface area (Å²) < 4.78 is 23.0. The monoisotopic (exact) mass is 421 g/mol. The van der Waals surface area contributed by atoms with Crippen LogP contribution in [-0.4, -0.2) is 36.2 Å². The van der Waals surface area contributed by atoms with Crippen LogP contribution in [0.15, 0.2) is 42.6 Å². The fourth-order valence-corrected chi connectivity index (χ4v) is 2.44. The van der Waals surface area contributed by atoms with Crippen molar-refractivity contribution in [1.82, 2.24) is 4.98 Å². The number of ether oxygens (including phenoxy) is 2. The molecule has 1 aromatic heterocycles. The summed E-state index contributed by atoms with van der Waals surface area (Å²) in [4.78, 5) is 4.32. The van der Waals surface area contributed by atoms with E-state index in [0.29, 0.717) is 37.7 Å². The van der Waals surface area contributed by atoms with E-state index in [1.54, 1.807) is 37.6 Å².